The van der Waals surface area contributed by atoms with Gasteiger partial charge in [-0.25, -0.2) is 0 Å². The van der Waals surface area contributed by atoms with Gasteiger partial charge in [-0.2, -0.15) is 0 Å². The Morgan fingerprint density at radius 1 is 1.06 bits per heavy atom. The van der Waals surface area contributed by atoms with Gasteiger partial charge in [0.25, 0.3) is 0 Å². The lowest BCUT2D eigenvalue weighted by molar-refractivity contribution is 0.277. The minimum atomic E-state index is 0.332. The van der Waals surface area contributed by atoms with E-state index in [9.17, 15) is 0 Å². The first-order chi connectivity index (χ1) is 8.24. The first-order valence-corrected chi connectivity index (χ1v) is 6.58. The molecule has 0 heterocycles. The predicted octanol–water partition coefficient (Wildman–Crippen LogP) is 2.98. The van der Waals surface area contributed by atoms with Gasteiger partial charge >= 0.3 is 0 Å². The van der Waals surface area contributed by atoms with Crippen molar-refractivity contribution in [1.82, 2.24) is 4.90 Å². The van der Waals surface area contributed by atoms with Crippen molar-refractivity contribution in [2.45, 2.75) is 39.2 Å². The van der Waals surface area contributed by atoms with Crippen LogP contribution in [0.25, 0.3) is 0 Å². The first kappa shape index (κ1) is 14.2. The van der Waals surface area contributed by atoms with E-state index in [4.69, 9.17) is 5.11 Å². The van der Waals surface area contributed by atoms with Gasteiger partial charge < -0.3 is 10.0 Å². The lowest BCUT2D eigenvalue weighted by atomic mass is 10.1. The van der Waals surface area contributed by atoms with Crippen LogP contribution in [0, 0.1) is 6.92 Å². The van der Waals surface area contributed by atoms with Crippen LogP contribution in [-0.2, 0) is 6.54 Å². The highest BCUT2D eigenvalue weighted by Crippen LogP contribution is 2.10. The summed E-state index contributed by atoms with van der Waals surface area (Å²) in [5, 5.41) is 8.69. The van der Waals surface area contributed by atoms with E-state index in [-0.39, 0.29) is 0 Å². The van der Waals surface area contributed by atoms with Gasteiger partial charge in [0.1, 0.15) is 0 Å². The van der Waals surface area contributed by atoms with Crippen molar-refractivity contribution >= 4 is 0 Å². The number of aliphatic hydroxyl groups is 1. The topological polar surface area (TPSA) is 23.5 Å². The Hall–Kier alpha value is -0.860. The monoisotopic (exact) mass is 235 g/mol. The van der Waals surface area contributed by atoms with Crippen molar-refractivity contribution in [3.05, 3.63) is 35.4 Å². The number of aryl methyl sites for hydroxylation is 1. The summed E-state index contributed by atoms with van der Waals surface area (Å²) in [5.41, 5.74) is 2.80. The van der Waals surface area contributed by atoms with Crippen LogP contribution in [0.4, 0.5) is 0 Å². The average Bonchev–Trinajstić information content (AvgIpc) is 2.32. The van der Waals surface area contributed by atoms with Crippen LogP contribution in [0.2, 0.25) is 0 Å². The standard InChI is InChI=1S/C15H25NO/c1-14-9-5-6-10-15(14)13-16(2)11-7-3-4-8-12-17/h5-6,9-10,17H,3-4,7-8,11-13H2,1-2H3. The van der Waals surface area contributed by atoms with Crippen LogP contribution < -0.4 is 0 Å². The van der Waals surface area contributed by atoms with Gasteiger partial charge in [-0.1, -0.05) is 37.1 Å². The molecule has 0 saturated heterocycles. The molecule has 1 N–H and O–H groups in total. The molecule has 0 aliphatic rings. The molecule has 17 heavy (non-hydrogen) atoms. The van der Waals surface area contributed by atoms with Gasteiger partial charge in [0.05, 0.1) is 0 Å². The van der Waals surface area contributed by atoms with Crippen LogP contribution in [0.3, 0.4) is 0 Å². The lowest BCUT2D eigenvalue weighted by Gasteiger charge is -2.17. The van der Waals surface area contributed by atoms with E-state index < -0.39 is 0 Å². The minimum Gasteiger partial charge on any atom is -0.396 e. The smallest absolute Gasteiger partial charge is 0.0431 e. The van der Waals surface area contributed by atoms with Gasteiger partial charge in [0.15, 0.2) is 0 Å². The van der Waals surface area contributed by atoms with Crippen molar-refractivity contribution in [2.24, 2.45) is 0 Å². The summed E-state index contributed by atoms with van der Waals surface area (Å²) in [7, 11) is 2.18. The summed E-state index contributed by atoms with van der Waals surface area (Å²) >= 11 is 0. The maximum absolute atomic E-state index is 8.69. The van der Waals surface area contributed by atoms with Crippen molar-refractivity contribution in [3.63, 3.8) is 0 Å². The van der Waals surface area contributed by atoms with Gasteiger partial charge in [-0.3, -0.25) is 0 Å². The Bertz CT molecular complexity index is 312. The quantitative estimate of drug-likeness (QED) is 0.700. The second kappa shape index (κ2) is 8.26. The first-order valence-electron chi connectivity index (χ1n) is 6.58. The van der Waals surface area contributed by atoms with Gasteiger partial charge in [-0.15, -0.1) is 0 Å². The second-order valence-corrected chi connectivity index (χ2v) is 4.80. The van der Waals surface area contributed by atoms with Gasteiger partial charge in [0.2, 0.25) is 0 Å². The Balaban J connectivity index is 2.21. The highest BCUT2D eigenvalue weighted by Gasteiger charge is 2.02. The Kier molecular flexibility index (Phi) is 6.90. The number of aliphatic hydroxyl groups excluding tert-OH is 1. The largest absolute Gasteiger partial charge is 0.396 e. The molecule has 1 aromatic carbocycles. The van der Waals surface area contributed by atoms with Crippen LogP contribution in [0.15, 0.2) is 24.3 Å². The Labute approximate surface area is 105 Å². The summed E-state index contributed by atoms with van der Waals surface area (Å²) in [4.78, 5) is 2.38. The normalized spacial score (nSPS) is 11.1. The third-order valence-electron chi connectivity index (χ3n) is 3.15. The molecule has 0 atom stereocenters. The van der Waals surface area contributed by atoms with Crippen molar-refractivity contribution in [1.29, 1.82) is 0 Å². The molecule has 0 aromatic heterocycles. The molecule has 0 spiro atoms. The number of rotatable bonds is 8. The fraction of sp³-hybridized carbons (Fsp3) is 0.600. The molecule has 0 fully saturated rings. The zero-order valence-electron chi connectivity index (χ0n) is 11.2. The van der Waals surface area contributed by atoms with Crippen LogP contribution >= 0.6 is 0 Å². The molecular formula is C15H25NO. The van der Waals surface area contributed by atoms with Crippen LogP contribution in [0.1, 0.15) is 36.8 Å². The van der Waals surface area contributed by atoms with E-state index in [1.807, 2.05) is 0 Å². The molecule has 1 rings (SSSR count). The predicted molar refractivity (Wildman–Crippen MR) is 73.1 cm³/mol. The molecule has 0 radical (unpaired) electrons. The molecule has 0 saturated carbocycles. The summed E-state index contributed by atoms with van der Waals surface area (Å²) < 4.78 is 0. The van der Waals surface area contributed by atoms with Crippen molar-refractivity contribution in [3.8, 4) is 0 Å². The third-order valence-corrected chi connectivity index (χ3v) is 3.15. The molecule has 0 amide bonds. The molecule has 0 aliphatic heterocycles. The van der Waals surface area contributed by atoms with Gasteiger partial charge in [-0.05, 0) is 44.5 Å². The summed E-state index contributed by atoms with van der Waals surface area (Å²) in [6.07, 6.45) is 4.54. The SMILES string of the molecule is Cc1ccccc1CN(C)CCCCCCO. The number of benzene rings is 1. The molecule has 2 nitrogen and oxygen atoms in total. The zero-order valence-corrected chi connectivity index (χ0v) is 11.2. The molecule has 0 bridgehead atoms. The molecular weight excluding hydrogens is 210 g/mol. The van der Waals surface area contributed by atoms with Crippen LogP contribution in [-0.4, -0.2) is 30.2 Å². The number of hydrogen-bond acceptors (Lipinski definition) is 2. The molecule has 2 heteroatoms. The Morgan fingerprint density at radius 3 is 2.47 bits per heavy atom. The van der Waals surface area contributed by atoms with E-state index in [2.05, 4.69) is 43.1 Å². The van der Waals surface area contributed by atoms with E-state index in [1.165, 1.54) is 24.0 Å². The second-order valence-electron chi connectivity index (χ2n) is 4.80. The number of nitrogens with zero attached hydrogens (tertiary/aromatic N) is 1. The van der Waals surface area contributed by atoms with Crippen LogP contribution in [0.5, 0.6) is 0 Å². The van der Waals surface area contributed by atoms with Crippen molar-refractivity contribution in [2.75, 3.05) is 20.2 Å². The van der Waals surface area contributed by atoms with Crippen molar-refractivity contribution < 1.29 is 5.11 Å². The highest BCUT2D eigenvalue weighted by atomic mass is 16.2. The third kappa shape index (κ3) is 5.85. The summed E-state index contributed by atoms with van der Waals surface area (Å²) in [6, 6.07) is 8.58. The molecule has 1 aromatic rings. The molecule has 0 aliphatic carbocycles. The number of unbranched alkanes of at least 4 members (excludes halogenated alkanes) is 3. The Morgan fingerprint density at radius 2 is 1.76 bits per heavy atom. The maximum Gasteiger partial charge on any atom is 0.0431 e. The zero-order chi connectivity index (χ0) is 12.5. The fourth-order valence-corrected chi connectivity index (χ4v) is 2.00. The van der Waals surface area contributed by atoms with E-state index in [1.54, 1.807) is 0 Å². The van der Waals surface area contributed by atoms with E-state index >= 15 is 0 Å². The fourth-order valence-electron chi connectivity index (χ4n) is 2.00. The highest BCUT2D eigenvalue weighted by molar-refractivity contribution is 5.25. The number of hydrogen-bond donors (Lipinski definition) is 1. The molecule has 96 valence electrons. The van der Waals surface area contributed by atoms with E-state index in [0.717, 1.165) is 25.9 Å². The van der Waals surface area contributed by atoms with Gasteiger partial charge in [0, 0.05) is 13.2 Å². The summed E-state index contributed by atoms with van der Waals surface area (Å²) in [5.74, 6) is 0. The minimum absolute atomic E-state index is 0.332. The van der Waals surface area contributed by atoms with E-state index in [0.29, 0.717) is 6.61 Å². The summed E-state index contributed by atoms with van der Waals surface area (Å²) in [6.45, 7) is 4.68. The maximum atomic E-state index is 8.69. The average molecular weight is 235 g/mol. The molecule has 0 unspecified atom stereocenters. The lowest BCUT2D eigenvalue weighted by Crippen LogP contribution is -2.19.